The van der Waals surface area contributed by atoms with Crippen LogP contribution in [0.4, 0.5) is 5.69 Å². The zero-order valence-corrected chi connectivity index (χ0v) is 11.0. The van der Waals surface area contributed by atoms with E-state index in [1.54, 1.807) is 7.11 Å². The summed E-state index contributed by atoms with van der Waals surface area (Å²) in [6, 6.07) is 10.6. The fourth-order valence-corrected chi connectivity index (χ4v) is 2.37. The Balaban J connectivity index is 1.95. The zero-order valence-electron chi connectivity index (χ0n) is 11.0. The highest BCUT2D eigenvalue weighted by atomic mass is 16.5. The second-order valence-corrected chi connectivity index (χ2v) is 4.69. The lowest BCUT2D eigenvalue weighted by atomic mass is 10.2. The lowest BCUT2D eigenvalue weighted by molar-refractivity contribution is -0.915. The highest BCUT2D eigenvalue weighted by Crippen LogP contribution is 2.18. The third-order valence-electron chi connectivity index (χ3n) is 3.65. The topological polar surface area (TPSA) is 40.7 Å². The molecule has 1 aliphatic heterocycles. The summed E-state index contributed by atoms with van der Waals surface area (Å²) in [5.41, 5.74) is 1.24. The van der Waals surface area contributed by atoms with Gasteiger partial charge in [0.2, 0.25) is 0 Å². The van der Waals surface area contributed by atoms with Crippen molar-refractivity contribution in [2.24, 2.45) is 0 Å². The van der Waals surface area contributed by atoms with E-state index in [4.69, 9.17) is 10.00 Å². The molecule has 0 unspecified atom stereocenters. The molecule has 18 heavy (non-hydrogen) atoms. The van der Waals surface area contributed by atoms with Crippen LogP contribution in [0.15, 0.2) is 24.3 Å². The highest BCUT2D eigenvalue weighted by molar-refractivity contribution is 5.49. The number of quaternary nitrogens is 1. The van der Waals surface area contributed by atoms with Gasteiger partial charge in [0.05, 0.1) is 33.3 Å². The van der Waals surface area contributed by atoms with E-state index < -0.39 is 0 Å². The summed E-state index contributed by atoms with van der Waals surface area (Å²) in [5.74, 6) is 0.890. The number of methoxy groups -OCH3 is 1. The van der Waals surface area contributed by atoms with Crippen molar-refractivity contribution in [3.8, 4) is 11.8 Å². The summed E-state index contributed by atoms with van der Waals surface area (Å²) >= 11 is 0. The van der Waals surface area contributed by atoms with Gasteiger partial charge in [0.15, 0.2) is 6.04 Å². The highest BCUT2D eigenvalue weighted by Gasteiger charge is 2.24. The molecule has 0 radical (unpaired) electrons. The average molecular weight is 246 g/mol. The fourth-order valence-electron chi connectivity index (χ4n) is 2.37. The summed E-state index contributed by atoms with van der Waals surface area (Å²) < 4.78 is 5.16. The van der Waals surface area contributed by atoms with Crippen molar-refractivity contribution >= 4 is 5.69 Å². The predicted molar refractivity (Wildman–Crippen MR) is 71.0 cm³/mol. The van der Waals surface area contributed by atoms with E-state index in [-0.39, 0.29) is 6.04 Å². The van der Waals surface area contributed by atoms with Crippen LogP contribution < -0.4 is 14.5 Å². The number of benzene rings is 1. The quantitative estimate of drug-likeness (QED) is 0.834. The maximum Gasteiger partial charge on any atom is 0.172 e. The van der Waals surface area contributed by atoms with Crippen molar-refractivity contribution in [1.29, 1.82) is 5.26 Å². The van der Waals surface area contributed by atoms with Crippen LogP contribution in [0.1, 0.15) is 6.92 Å². The first-order chi connectivity index (χ1) is 8.74. The average Bonchev–Trinajstić information content (AvgIpc) is 2.47. The minimum absolute atomic E-state index is 0.100. The molecule has 0 aromatic heterocycles. The lowest BCUT2D eigenvalue weighted by Gasteiger charge is -2.34. The second kappa shape index (κ2) is 5.74. The van der Waals surface area contributed by atoms with Crippen molar-refractivity contribution in [2.75, 3.05) is 38.2 Å². The summed E-state index contributed by atoms with van der Waals surface area (Å²) in [6.07, 6.45) is 0. The number of nitriles is 1. The van der Waals surface area contributed by atoms with Gasteiger partial charge in [-0.15, -0.1) is 0 Å². The van der Waals surface area contributed by atoms with Gasteiger partial charge < -0.3 is 14.5 Å². The number of ether oxygens (including phenoxy) is 1. The van der Waals surface area contributed by atoms with Crippen molar-refractivity contribution in [2.45, 2.75) is 13.0 Å². The molecular weight excluding hydrogens is 226 g/mol. The number of hydrogen-bond acceptors (Lipinski definition) is 3. The molecule has 1 fully saturated rings. The largest absolute Gasteiger partial charge is 0.497 e. The molecule has 1 N–H and O–H groups in total. The summed E-state index contributed by atoms with van der Waals surface area (Å²) in [4.78, 5) is 3.76. The van der Waals surface area contributed by atoms with E-state index in [0.717, 1.165) is 31.9 Å². The molecule has 2 rings (SSSR count). The Labute approximate surface area is 108 Å². The standard InChI is InChI=1S/C14H19N3O/c1-12(11-15)16-7-9-17(10-8-16)13-3-5-14(18-2)6-4-13/h3-6,12H,7-10H2,1-2H3/p+1/t12-/m1/s1. The van der Waals surface area contributed by atoms with Crippen LogP contribution in [-0.2, 0) is 0 Å². The number of rotatable bonds is 3. The Morgan fingerprint density at radius 1 is 1.28 bits per heavy atom. The molecule has 0 bridgehead atoms. The second-order valence-electron chi connectivity index (χ2n) is 4.69. The maximum absolute atomic E-state index is 8.93. The van der Waals surface area contributed by atoms with E-state index in [1.807, 2.05) is 19.1 Å². The van der Waals surface area contributed by atoms with Crippen molar-refractivity contribution in [1.82, 2.24) is 0 Å². The van der Waals surface area contributed by atoms with Gasteiger partial charge in [-0.2, -0.15) is 5.26 Å². The Bertz CT molecular complexity index is 416. The maximum atomic E-state index is 8.93. The van der Waals surface area contributed by atoms with Crippen molar-refractivity contribution < 1.29 is 9.64 Å². The molecule has 0 aliphatic carbocycles. The summed E-state index contributed by atoms with van der Waals surface area (Å²) in [5, 5.41) is 8.93. The molecule has 1 aromatic carbocycles. The first-order valence-electron chi connectivity index (χ1n) is 6.38. The van der Waals surface area contributed by atoms with Crippen LogP contribution in [-0.4, -0.2) is 39.3 Å². The van der Waals surface area contributed by atoms with Crippen LogP contribution >= 0.6 is 0 Å². The molecule has 1 aliphatic rings. The summed E-state index contributed by atoms with van der Waals surface area (Å²) in [6.45, 7) is 6.07. The van der Waals surface area contributed by atoms with E-state index >= 15 is 0 Å². The number of piperazine rings is 1. The number of nitrogens with one attached hydrogen (secondary N) is 1. The van der Waals surface area contributed by atoms with Gasteiger partial charge in [0.1, 0.15) is 11.8 Å². The zero-order chi connectivity index (χ0) is 13.0. The third-order valence-corrected chi connectivity index (χ3v) is 3.65. The molecule has 1 saturated heterocycles. The molecule has 4 nitrogen and oxygen atoms in total. The number of nitrogens with zero attached hydrogens (tertiary/aromatic N) is 2. The monoisotopic (exact) mass is 246 g/mol. The smallest absolute Gasteiger partial charge is 0.172 e. The van der Waals surface area contributed by atoms with Crippen LogP contribution in [0.25, 0.3) is 0 Å². The Morgan fingerprint density at radius 3 is 2.39 bits per heavy atom. The van der Waals surface area contributed by atoms with Gasteiger partial charge in [-0.05, 0) is 24.3 Å². The molecular formula is C14H20N3O+. The molecule has 4 heteroatoms. The molecule has 0 saturated carbocycles. The van der Waals surface area contributed by atoms with Gasteiger partial charge in [-0.1, -0.05) is 0 Å². The van der Waals surface area contributed by atoms with E-state index in [9.17, 15) is 0 Å². The Kier molecular flexibility index (Phi) is 4.06. The summed E-state index contributed by atoms with van der Waals surface area (Å²) in [7, 11) is 1.68. The fraction of sp³-hybridized carbons (Fsp3) is 0.500. The molecule has 1 atom stereocenters. The van der Waals surface area contributed by atoms with E-state index in [2.05, 4.69) is 23.1 Å². The van der Waals surface area contributed by atoms with E-state index in [1.165, 1.54) is 10.6 Å². The Hall–Kier alpha value is -1.73. The third kappa shape index (κ3) is 2.74. The SMILES string of the molecule is COc1ccc(N2CC[NH+]([C@H](C)C#N)CC2)cc1. The van der Waals surface area contributed by atoms with Crippen LogP contribution in [0, 0.1) is 11.3 Å². The molecule has 96 valence electrons. The predicted octanol–water partition coefficient (Wildman–Crippen LogP) is 0.312. The van der Waals surface area contributed by atoms with Gasteiger partial charge in [0, 0.05) is 12.6 Å². The Morgan fingerprint density at radius 2 is 1.89 bits per heavy atom. The van der Waals surface area contributed by atoms with E-state index in [0.29, 0.717) is 0 Å². The van der Waals surface area contributed by atoms with Crippen molar-refractivity contribution in [3.05, 3.63) is 24.3 Å². The minimum Gasteiger partial charge on any atom is -0.497 e. The first-order valence-corrected chi connectivity index (χ1v) is 6.38. The van der Waals surface area contributed by atoms with Crippen LogP contribution in [0.2, 0.25) is 0 Å². The van der Waals surface area contributed by atoms with Gasteiger partial charge in [-0.3, -0.25) is 0 Å². The minimum atomic E-state index is 0.100. The normalized spacial score (nSPS) is 18.2. The molecule has 1 heterocycles. The number of anilines is 1. The van der Waals surface area contributed by atoms with Gasteiger partial charge in [-0.25, -0.2) is 0 Å². The molecule has 0 amide bonds. The van der Waals surface area contributed by atoms with Gasteiger partial charge >= 0.3 is 0 Å². The molecule has 0 spiro atoms. The van der Waals surface area contributed by atoms with Crippen LogP contribution in [0.5, 0.6) is 5.75 Å². The number of hydrogen-bond donors (Lipinski definition) is 1. The molecule has 1 aromatic rings. The lowest BCUT2D eigenvalue weighted by Crippen LogP contribution is -3.17. The van der Waals surface area contributed by atoms with Crippen LogP contribution in [0.3, 0.4) is 0 Å². The first kappa shape index (κ1) is 12.7. The van der Waals surface area contributed by atoms with Gasteiger partial charge in [0.25, 0.3) is 0 Å². The van der Waals surface area contributed by atoms with Crippen molar-refractivity contribution in [3.63, 3.8) is 0 Å².